The molecule has 7 nitrogen and oxygen atoms in total. The highest BCUT2D eigenvalue weighted by Crippen LogP contribution is 2.28. The van der Waals surface area contributed by atoms with Crippen LogP contribution in [0, 0.1) is 0 Å². The fraction of sp³-hybridized carbons (Fsp3) is 0.263. The number of carbonyl (C=O) groups is 1. The fourth-order valence-corrected chi connectivity index (χ4v) is 2.76. The maximum Gasteiger partial charge on any atom is 0.203 e. The van der Waals surface area contributed by atoms with Crippen molar-refractivity contribution in [2.24, 2.45) is 4.99 Å². The number of guanidine groups is 1. The molecule has 3 rings (SSSR count). The summed E-state index contributed by atoms with van der Waals surface area (Å²) in [6.07, 6.45) is 0.816. The molecule has 0 saturated carbocycles. The molecule has 2 aromatic carbocycles. The Labute approximate surface area is 162 Å². The van der Waals surface area contributed by atoms with Gasteiger partial charge in [-0.25, -0.2) is 14.8 Å². The van der Waals surface area contributed by atoms with E-state index < -0.39 is 0 Å². The van der Waals surface area contributed by atoms with Gasteiger partial charge in [0.2, 0.25) is 5.96 Å². The molecule has 0 aromatic heterocycles. The Bertz CT molecular complexity index is 811. The lowest BCUT2D eigenvalue weighted by atomic mass is 10.1. The number of ether oxygens (including phenoxy) is 1. The minimum absolute atomic E-state index is 0.0771. The van der Waals surface area contributed by atoms with Crippen molar-refractivity contribution in [3.63, 3.8) is 0 Å². The van der Waals surface area contributed by atoms with Crippen LogP contribution in [0.5, 0.6) is 5.75 Å². The van der Waals surface area contributed by atoms with Crippen molar-refractivity contribution >= 4 is 29.5 Å². The minimum Gasteiger partial charge on any atom is -0.492 e. The fourth-order valence-electron chi connectivity index (χ4n) is 2.53. The van der Waals surface area contributed by atoms with Crippen molar-refractivity contribution in [1.29, 1.82) is 0 Å². The van der Waals surface area contributed by atoms with Crippen LogP contribution in [0.2, 0.25) is 5.02 Å². The summed E-state index contributed by atoms with van der Waals surface area (Å²) in [5.74, 6) is 1.22. The van der Waals surface area contributed by atoms with Crippen LogP contribution in [0.25, 0.3) is 0 Å². The van der Waals surface area contributed by atoms with Crippen LogP contribution in [-0.4, -0.2) is 37.2 Å². The Hall–Kier alpha value is -2.61. The molecule has 0 bridgehead atoms. The Morgan fingerprint density at radius 3 is 2.78 bits per heavy atom. The van der Waals surface area contributed by atoms with Crippen molar-refractivity contribution in [1.82, 2.24) is 4.90 Å². The van der Waals surface area contributed by atoms with E-state index in [1.165, 1.54) is 0 Å². The molecule has 0 spiro atoms. The second kappa shape index (κ2) is 9.36. The summed E-state index contributed by atoms with van der Waals surface area (Å²) in [5, 5.41) is 3.76. The minimum atomic E-state index is 0.0771. The maximum atomic E-state index is 10.8. The predicted molar refractivity (Wildman–Crippen MR) is 103 cm³/mol. The molecule has 0 unspecified atom stereocenters. The summed E-state index contributed by atoms with van der Waals surface area (Å²) >= 11 is 6.26. The average Bonchev–Trinajstić information content (AvgIpc) is 2.90. The average molecular weight is 390 g/mol. The Balaban J connectivity index is 1.75. The number of hydrogen-bond acceptors (Lipinski definition) is 7. The van der Waals surface area contributed by atoms with Gasteiger partial charge in [0.25, 0.3) is 0 Å². The van der Waals surface area contributed by atoms with E-state index in [1.807, 2.05) is 30.0 Å². The smallest absolute Gasteiger partial charge is 0.203 e. The zero-order chi connectivity index (χ0) is 19.1. The van der Waals surface area contributed by atoms with Crippen LogP contribution in [-0.2, 0) is 16.3 Å². The van der Waals surface area contributed by atoms with Gasteiger partial charge in [-0.3, -0.25) is 4.79 Å². The first-order valence-electron chi connectivity index (χ1n) is 8.47. The monoisotopic (exact) mass is 389 g/mol. The molecule has 2 aromatic rings. The van der Waals surface area contributed by atoms with E-state index in [1.54, 1.807) is 24.3 Å². The van der Waals surface area contributed by atoms with Crippen LogP contribution >= 0.6 is 11.6 Å². The van der Waals surface area contributed by atoms with E-state index in [-0.39, 0.29) is 13.5 Å². The molecule has 1 N–H and O–H groups in total. The highest BCUT2D eigenvalue weighted by molar-refractivity contribution is 6.32. The van der Waals surface area contributed by atoms with Crippen LogP contribution in [0.3, 0.4) is 0 Å². The van der Waals surface area contributed by atoms with Gasteiger partial charge in [-0.05, 0) is 30.7 Å². The van der Waals surface area contributed by atoms with E-state index in [2.05, 4.69) is 10.3 Å². The summed E-state index contributed by atoms with van der Waals surface area (Å²) in [6.45, 7) is 3.26. The quantitative estimate of drug-likeness (QED) is 0.600. The predicted octanol–water partition coefficient (Wildman–Crippen LogP) is 3.70. The van der Waals surface area contributed by atoms with Gasteiger partial charge < -0.3 is 15.0 Å². The Morgan fingerprint density at radius 1 is 1.26 bits per heavy atom. The third-order valence-electron chi connectivity index (χ3n) is 3.84. The van der Waals surface area contributed by atoms with Crippen molar-refractivity contribution in [2.75, 3.05) is 25.4 Å². The van der Waals surface area contributed by atoms with Gasteiger partial charge >= 0.3 is 0 Å². The molecule has 27 heavy (non-hydrogen) atoms. The molecule has 1 aliphatic rings. The number of halogens is 1. The number of hydrogen-bond donors (Lipinski definition) is 1. The number of carbonyl (C=O) groups excluding carboxylic acids is 1. The highest BCUT2D eigenvalue weighted by Gasteiger charge is 2.16. The molecule has 1 heterocycles. The van der Waals surface area contributed by atoms with Crippen molar-refractivity contribution < 1.29 is 19.3 Å². The lowest BCUT2D eigenvalue weighted by molar-refractivity contribution is -0.304. The molecule has 0 amide bonds. The molecule has 8 heteroatoms. The third kappa shape index (κ3) is 5.19. The van der Waals surface area contributed by atoms with Gasteiger partial charge in [0.15, 0.2) is 13.5 Å². The molecule has 0 fully saturated rings. The van der Waals surface area contributed by atoms with Gasteiger partial charge in [-0.2, -0.15) is 0 Å². The first-order valence-corrected chi connectivity index (χ1v) is 8.84. The zero-order valence-electron chi connectivity index (χ0n) is 14.9. The van der Waals surface area contributed by atoms with Crippen LogP contribution in [0.1, 0.15) is 22.8 Å². The van der Waals surface area contributed by atoms with Crippen LogP contribution < -0.4 is 10.1 Å². The second-order valence-electron chi connectivity index (χ2n) is 5.74. The molecular formula is C19H20ClN3O4. The standard InChI is InChI=1S/C19H20ClN3O4/c1-2-25-18-8-7-16(9-17(18)20)22-19-21-12-26-27-13-23(19)10-14-3-5-15(11-24)6-4-14/h3-9,11H,2,10,12-13H2,1H3,(H,21,22). The van der Waals surface area contributed by atoms with Crippen LogP contribution in [0.4, 0.5) is 5.69 Å². The van der Waals surface area contributed by atoms with Gasteiger partial charge in [0.05, 0.1) is 11.6 Å². The summed E-state index contributed by atoms with van der Waals surface area (Å²) in [7, 11) is 0. The number of aliphatic imine (C=N–C) groups is 1. The number of nitrogens with zero attached hydrogens (tertiary/aromatic N) is 2. The normalized spacial score (nSPS) is 14.3. The summed E-state index contributed by atoms with van der Waals surface area (Å²) in [5.41, 5.74) is 2.40. The Kier molecular flexibility index (Phi) is 6.64. The van der Waals surface area contributed by atoms with E-state index >= 15 is 0 Å². The third-order valence-corrected chi connectivity index (χ3v) is 4.13. The second-order valence-corrected chi connectivity index (χ2v) is 6.14. The largest absolute Gasteiger partial charge is 0.492 e. The topological polar surface area (TPSA) is 72.4 Å². The number of aldehydes is 1. The van der Waals surface area contributed by atoms with Gasteiger partial charge in [-0.1, -0.05) is 35.9 Å². The number of nitrogens with one attached hydrogen (secondary N) is 1. The molecule has 0 atom stereocenters. The van der Waals surface area contributed by atoms with Crippen molar-refractivity contribution in [3.05, 3.63) is 58.6 Å². The molecule has 0 saturated heterocycles. The molecular weight excluding hydrogens is 370 g/mol. The van der Waals surface area contributed by atoms with E-state index in [4.69, 9.17) is 26.1 Å². The van der Waals surface area contributed by atoms with Gasteiger partial charge in [0, 0.05) is 17.8 Å². The molecule has 1 aliphatic heterocycles. The number of rotatable bonds is 6. The summed E-state index contributed by atoms with van der Waals surface area (Å²) in [4.78, 5) is 27.2. The van der Waals surface area contributed by atoms with Gasteiger partial charge in [-0.15, -0.1) is 0 Å². The van der Waals surface area contributed by atoms with E-state index in [0.29, 0.717) is 35.4 Å². The van der Waals surface area contributed by atoms with Crippen molar-refractivity contribution in [3.8, 4) is 5.75 Å². The first-order chi connectivity index (χ1) is 13.2. The number of anilines is 1. The Morgan fingerprint density at radius 2 is 2.07 bits per heavy atom. The molecule has 0 aliphatic carbocycles. The SMILES string of the molecule is CCOc1ccc(NC2=NCOOCN2Cc2ccc(C=O)cc2)cc1Cl. The summed E-state index contributed by atoms with van der Waals surface area (Å²) < 4.78 is 5.46. The van der Waals surface area contributed by atoms with Crippen LogP contribution in [0.15, 0.2) is 47.5 Å². The van der Waals surface area contributed by atoms with E-state index in [9.17, 15) is 4.79 Å². The highest BCUT2D eigenvalue weighted by atomic mass is 35.5. The molecule has 0 radical (unpaired) electrons. The van der Waals surface area contributed by atoms with Gasteiger partial charge in [0.1, 0.15) is 12.0 Å². The zero-order valence-corrected chi connectivity index (χ0v) is 15.6. The summed E-state index contributed by atoms with van der Waals surface area (Å²) in [6, 6.07) is 12.8. The van der Waals surface area contributed by atoms with E-state index in [0.717, 1.165) is 17.5 Å². The first kappa shape index (κ1) is 19.2. The maximum absolute atomic E-state index is 10.8. The van der Waals surface area contributed by atoms with Crippen molar-refractivity contribution in [2.45, 2.75) is 13.5 Å². The lowest BCUT2D eigenvalue weighted by Gasteiger charge is -2.24. The number of benzene rings is 2. The lowest BCUT2D eigenvalue weighted by Crippen LogP contribution is -2.36. The molecule has 142 valence electrons.